The second-order valence-corrected chi connectivity index (χ2v) is 15.4. The summed E-state index contributed by atoms with van der Waals surface area (Å²) in [7, 11) is -7.88. The molecule has 8 nitrogen and oxygen atoms in total. The van der Waals surface area contributed by atoms with Crippen LogP contribution in [0.25, 0.3) is 0 Å². The van der Waals surface area contributed by atoms with Gasteiger partial charge in [0.15, 0.2) is 42.2 Å². The number of pyridine rings is 1. The van der Waals surface area contributed by atoms with Crippen LogP contribution in [0.3, 0.4) is 0 Å². The molecule has 14 heteroatoms. The maximum atomic E-state index is 13.8. The Hall–Kier alpha value is -3.00. The van der Waals surface area contributed by atoms with Crippen molar-refractivity contribution in [1.29, 1.82) is 0 Å². The van der Waals surface area contributed by atoms with Gasteiger partial charge in [-0.3, -0.25) is 4.79 Å². The number of carbonyl (C=O) groups is 1. The Kier molecular flexibility index (Phi) is 8.16. The van der Waals surface area contributed by atoms with Gasteiger partial charge in [-0.15, -0.1) is 0 Å². The minimum absolute atomic E-state index is 0.0605. The van der Waals surface area contributed by atoms with E-state index in [0.29, 0.717) is 25.0 Å². The number of benzene rings is 2. The monoisotopic (exact) mass is 642 g/mol. The SMILES string of the molecule is O=C(Nc1cc(F)c(F)c(F)c1)c1ccc(Cl)c(S(=O)(=O)C2CC3CC[C@@H](C2)C3(O)CCS(=O)(=O)c2ccccn2)c1. The maximum Gasteiger partial charge on any atom is 0.255 e. The van der Waals surface area contributed by atoms with E-state index in [-0.39, 0.29) is 51.2 Å². The van der Waals surface area contributed by atoms with Crippen LogP contribution in [-0.2, 0) is 19.7 Å². The van der Waals surface area contributed by atoms with Crippen LogP contribution in [0.1, 0.15) is 42.5 Å². The lowest BCUT2D eigenvalue weighted by Gasteiger charge is -2.42. The second kappa shape index (κ2) is 11.3. The van der Waals surface area contributed by atoms with E-state index in [1.807, 2.05) is 0 Å². The highest BCUT2D eigenvalue weighted by atomic mass is 35.5. The summed E-state index contributed by atoms with van der Waals surface area (Å²) in [5, 5.41) is 12.6. The molecule has 2 N–H and O–H groups in total. The van der Waals surface area contributed by atoms with Crippen LogP contribution in [-0.4, -0.2) is 49.4 Å². The smallest absolute Gasteiger partial charge is 0.255 e. The number of fused-ring (bicyclic) bond motifs is 2. The van der Waals surface area contributed by atoms with Gasteiger partial charge in [-0.25, -0.2) is 35.0 Å². The van der Waals surface area contributed by atoms with E-state index in [2.05, 4.69) is 10.3 Å². The zero-order valence-corrected chi connectivity index (χ0v) is 24.3. The van der Waals surface area contributed by atoms with Gasteiger partial charge in [-0.2, -0.15) is 0 Å². The molecule has 3 unspecified atom stereocenters. The first-order chi connectivity index (χ1) is 19.7. The van der Waals surface area contributed by atoms with E-state index in [1.54, 1.807) is 12.1 Å². The normalized spacial score (nSPS) is 24.0. The quantitative estimate of drug-likeness (QED) is 0.332. The van der Waals surface area contributed by atoms with Crippen LogP contribution in [0.2, 0.25) is 5.02 Å². The van der Waals surface area contributed by atoms with Crippen LogP contribution in [0.4, 0.5) is 18.9 Å². The van der Waals surface area contributed by atoms with E-state index < -0.39 is 65.7 Å². The number of aromatic nitrogens is 1. The van der Waals surface area contributed by atoms with Crippen molar-refractivity contribution >= 4 is 42.9 Å². The van der Waals surface area contributed by atoms with E-state index in [1.165, 1.54) is 24.4 Å². The van der Waals surface area contributed by atoms with Crippen LogP contribution in [0, 0.1) is 29.3 Å². The Labute approximate surface area is 245 Å². The second-order valence-electron chi connectivity index (χ2n) is 10.7. The summed E-state index contributed by atoms with van der Waals surface area (Å²) >= 11 is 6.25. The maximum absolute atomic E-state index is 13.8. The minimum Gasteiger partial charge on any atom is -0.389 e. The molecule has 1 aromatic heterocycles. The first kappa shape index (κ1) is 30.5. The first-order valence-electron chi connectivity index (χ1n) is 13.1. The Bertz CT molecular complexity index is 1720. The van der Waals surface area contributed by atoms with Gasteiger partial charge < -0.3 is 10.4 Å². The van der Waals surface area contributed by atoms with Crippen LogP contribution >= 0.6 is 11.6 Å². The number of hydrogen-bond acceptors (Lipinski definition) is 7. The Morgan fingerprint density at radius 1 is 1.00 bits per heavy atom. The number of carbonyl (C=O) groups excluding carboxylic acids is 1. The van der Waals surface area contributed by atoms with Crippen molar-refractivity contribution in [3.63, 3.8) is 0 Å². The molecule has 42 heavy (non-hydrogen) atoms. The molecule has 2 aliphatic rings. The number of aliphatic hydroxyl groups is 1. The average Bonchev–Trinajstić information content (AvgIpc) is 3.10. The largest absolute Gasteiger partial charge is 0.389 e. The zero-order chi connectivity index (χ0) is 30.4. The van der Waals surface area contributed by atoms with Crippen molar-refractivity contribution in [3.05, 3.63) is 82.8 Å². The van der Waals surface area contributed by atoms with Crippen molar-refractivity contribution in [2.45, 2.75) is 52.9 Å². The third-order valence-corrected chi connectivity index (χ3v) is 12.6. The molecule has 2 aliphatic carbocycles. The molecule has 3 aromatic rings. The molecular weight excluding hydrogens is 617 g/mol. The fraction of sp³-hybridized carbons (Fsp3) is 0.357. The standard InChI is InChI=1S/C28H26ClF3N2O6S2/c29-21-7-4-16(27(35)34-19-14-22(30)26(32)23(31)15-19)11-24(21)42(39,40)20-12-17-5-6-18(13-20)28(17,36)8-10-41(37,38)25-3-1-2-9-33-25/h1-4,7,9,11,14-15,17-18,20,36H,5-6,8,10,12-13H2,(H,34,35)/t17-,18?,20?,28?/m0/s1. The minimum atomic E-state index is -4.12. The summed E-state index contributed by atoms with van der Waals surface area (Å²) in [5.41, 5.74) is -1.90. The summed E-state index contributed by atoms with van der Waals surface area (Å²) in [4.78, 5) is 16.3. The van der Waals surface area contributed by atoms with Gasteiger partial charge in [-0.1, -0.05) is 17.7 Å². The molecule has 5 rings (SSSR count). The summed E-state index contributed by atoms with van der Waals surface area (Å²) < 4.78 is 93.5. The fourth-order valence-corrected chi connectivity index (χ4v) is 9.79. The number of halogens is 4. The van der Waals surface area contributed by atoms with E-state index in [0.717, 1.165) is 6.07 Å². The van der Waals surface area contributed by atoms with Crippen molar-refractivity contribution in [2.75, 3.05) is 11.1 Å². The highest BCUT2D eigenvalue weighted by molar-refractivity contribution is 7.92. The lowest BCUT2D eigenvalue weighted by atomic mass is 9.73. The van der Waals surface area contributed by atoms with Gasteiger partial charge in [-0.05, 0) is 74.3 Å². The molecule has 2 aromatic carbocycles. The molecule has 4 atom stereocenters. The predicted molar refractivity (Wildman–Crippen MR) is 148 cm³/mol. The van der Waals surface area contributed by atoms with E-state index in [9.17, 15) is 39.9 Å². The number of sulfone groups is 2. The van der Waals surface area contributed by atoms with Crippen molar-refractivity contribution in [2.24, 2.45) is 11.8 Å². The Morgan fingerprint density at radius 2 is 1.64 bits per heavy atom. The summed E-state index contributed by atoms with van der Waals surface area (Å²) in [5.74, 6) is -6.89. The van der Waals surface area contributed by atoms with Gasteiger partial charge in [0.2, 0.25) is 0 Å². The van der Waals surface area contributed by atoms with Gasteiger partial charge in [0, 0.05) is 29.6 Å². The predicted octanol–water partition coefficient (Wildman–Crippen LogP) is 4.96. The molecule has 0 spiro atoms. The molecule has 0 aliphatic heterocycles. The highest BCUT2D eigenvalue weighted by Crippen LogP contribution is 2.53. The first-order valence-corrected chi connectivity index (χ1v) is 16.7. The highest BCUT2D eigenvalue weighted by Gasteiger charge is 2.55. The molecule has 2 bridgehead atoms. The zero-order valence-electron chi connectivity index (χ0n) is 21.9. The number of hydrogen-bond donors (Lipinski definition) is 2. The van der Waals surface area contributed by atoms with Gasteiger partial charge in [0.25, 0.3) is 5.91 Å². The lowest BCUT2D eigenvalue weighted by molar-refractivity contribution is -0.0603. The number of amides is 1. The molecule has 0 radical (unpaired) electrons. The van der Waals surface area contributed by atoms with Crippen LogP contribution in [0.15, 0.2) is 64.6 Å². The summed E-state index contributed by atoms with van der Waals surface area (Å²) in [6.07, 6.45) is 2.50. The van der Waals surface area contributed by atoms with Crippen LogP contribution in [0.5, 0.6) is 0 Å². The van der Waals surface area contributed by atoms with E-state index >= 15 is 0 Å². The Balaban J connectivity index is 1.33. The summed E-state index contributed by atoms with van der Waals surface area (Å²) in [6.45, 7) is 0. The van der Waals surface area contributed by atoms with Gasteiger partial charge in [0.05, 0.1) is 26.5 Å². The van der Waals surface area contributed by atoms with Crippen molar-refractivity contribution in [1.82, 2.24) is 4.98 Å². The molecule has 1 amide bonds. The lowest BCUT2D eigenvalue weighted by Crippen LogP contribution is -2.49. The number of nitrogens with one attached hydrogen (secondary N) is 1. The molecule has 2 fully saturated rings. The number of nitrogens with zero attached hydrogens (tertiary/aromatic N) is 1. The van der Waals surface area contributed by atoms with Crippen LogP contribution < -0.4 is 5.32 Å². The fourth-order valence-electron chi connectivity index (χ4n) is 6.08. The number of anilines is 1. The van der Waals surface area contributed by atoms with E-state index in [4.69, 9.17) is 11.6 Å². The van der Waals surface area contributed by atoms with Crippen molar-refractivity contribution in [3.8, 4) is 0 Å². The van der Waals surface area contributed by atoms with Gasteiger partial charge >= 0.3 is 0 Å². The summed E-state index contributed by atoms with van der Waals surface area (Å²) in [6, 6.07) is 9.22. The van der Waals surface area contributed by atoms with Crippen molar-refractivity contribution < 1.29 is 39.9 Å². The molecule has 1 heterocycles. The molecular formula is C28H26ClF3N2O6S2. The molecule has 0 saturated heterocycles. The number of rotatable bonds is 8. The third-order valence-electron chi connectivity index (χ3n) is 8.28. The third kappa shape index (κ3) is 5.67. The Morgan fingerprint density at radius 3 is 2.24 bits per heavy atom. The average molecular weight is 643 g/mol. The molecule has 2 saturated carbocycles. The molecule has 224 valence electrons. The topological polar surface area (TPSA) is 130 Å². The van der Waals surface area contributed by atoms with Gasteiger partial charge in [0.1, 0.15) is 0 Å².